The maximum absolute atomic E-state index is 14.1. The Morgan fingerprint density at radius 1 is 1.30 bits per heavy atom. The Kier molecular flexibility index (Phi) is 2.48. The second-order valence-corrected chi connectivity index (χ2v) is 6.37. The van der Waals surface area contributed by atoms with Crippen LogP contribution in [-0.2, 0) is 12.1 Å². The van der Waals surface area contributed by atoms with Crippen LogP contribution in [0.4, 0.5) is 4.39 Å². The minimum atomic E-state index is -1.28. The van der Waals surface area contributed by atoms with Gasteiger partial charge in [0.05, 0.1) is 10.6 Å². The van der Waals surface area contributed by atoms with Gasteiger partial charge in [-0.05, 0) is 43.5 Å². The Morgan fingerprint density at radius 2 is 2.15 bits per heavy atom. The molecule has 0 amide bonds. The van der Waals surface area contributed by atoms with Gasteiger partial charge in [0.15, 0.2) is 17.1 Å². The van der Waals surface area contributed by atoms with Crippen molar-refractivity contribution >= 4 is 17.0 Å². The van der Waals surface area contributed by atoms with Crippen LogP contribution in [0.3, 0.4) is 0 Å². The lowest BCUT2D eigenvalue weighted by Gasteiger charge is -2.00. The third kappa shape index (κ3) is 1.77. The predicted molar refractivity (Wildman–Crippen MR) is 77.7 cm³/mol. The molecule has 0 spiro atoms. The molecular weight excluding hydrogens is 273 g/mol. The molecular formula is C15H14FN3S. The molecule has 3 heterocycles. The Balaban J connectivity index is 1.88. The summed E-state index contributed by atoms with van der Waals surface area (Å²) in [7, 11) is 0. The average molecular weight is 287 g/mol. The lowest BCUT2D eigenvalue weighted by molar-refractivity contribution is 0.301. The quantitative estimate of drug-likeness (QED) is 0.729. The van der Waals surface area contributed by atoms with Gasteiger partial charge in [0.1, 0.15) is 0 Å². The predicted octanol–water partition coefficient (Wildman–Crippen LogP) is 3.98. The van der Waals surface area contributed by atoms with Crippen molar-refractivity contribution in [3.8, 4) is 10.6 Å². The van der Waals surface area contributed by atoms with Gasteiger partial charge in [-0.2, -0.15) is 0 Å². The number of hydrogen-bond acceptors (Lipinski definition) is 3. The van der Waals surface area contributed by atoms with Crippen molar-refractivity contribution < 1.29 is 4.39 Å². The first-order chi connectivity index (χ1) is 9.69. The molecule has 0 aliphatic heterocycles. The molecule has 0 bridgehead atoms. The summed E-state index contributed by atoms with van der Waals surface area (Å²) in [5.74, 6) is 0.331. The molecule has 1 aliphatic carbocycles. The van der Waals surface area contributed by atoms with Crippen LogP contribution in [0.1, 0.15) is 30.5 Å². The Morgan fingerprint density at radius 3 is 2.85 bits per heavy atom. The molecule has 0 saturated heterocycles. The number of pyridine rings is 1. The van der Waals surface area contributed by atoms with Gasteiger partial charge in [0, 0.05) is 4.88 Å². The first kappa shape index (κ1) is 12.0. The third-order valence-electron chi connectivity index (χ3n) is 3.71. The summed E-state index contributed by atoms with van der Waals surface area (Å²) in [4.78, 5) is 6.82. The molecule has 3 nitrogen and oxygen atoms in total. The number of halogens is 1. The van der Waals surface area contributed by atoms with E-state index in [1.807, 2.05) is 18.2 Å². The standard InChI is InChI=1S/C15H14FN3S/c1-2-10-6-7-12(20-10)11-4-3-5-13-17-14(18-19(11)13)15(16)8-9-15/h3-7H,2,8-9H2,1H3. The number of aryl methyl sites for hydroxylation is 1. The van der Waals surface area contributed by atoms with Crippen LogP contribution in [0.5, 0.6) is 0 Å². The van der Waals surface area contributed by atoms with Crippen LogP contribution in [0.25, 0.3) is 16.2 Å². The van der Waals surface area contributed by atoms with E-state index in [1.54, 1.807) is 15.9 Å². The molecule has 1 aliphatic rings. The van der Waals surface area contributed by atoms with Crippen molar-refractivity contribution in [3.05, 3.63) is 41.0 Å². The van der Waals surface area contributed by atoms with Crippen molar-refractivity contribution in [3.63, 3.8) is 0 Å². The molecule has 102 valence electrons. The summed E-state index contributed by atoms with van der Waals surface area (Å²) in [5.41, 5.74) is 0.413. The van der Waals surface area contributed by atoms with Gasteiger partial charge in [-0.25, -0.2) is 13.9 Å². The molecule has 0 atom stereocenters. The van der Waals surface area contributed by atoms with Crippen molar-refractivity contribution in [1.82, 2.24) is 14.6 Å². The summed E-state index contributed by atoms with van der Waals surface area (Å²) in [6, 6.07) is 10.1. The van der Waals surface area contributed by atoms with E-state index in [4.69, 9.17) is 0 Å². The number of rotatable bonds is 3. The summed E-state index contributed by atoms with van der Waals surface area (Å²) in [6.07, 6.45) is 2.10. The van der Waals surface area contributed by atoms with E-state index in [1.165, 1.54) is 4.88 Å². The molecule has 1 fully saturated rings. The van der Waals surface area contributed by atoms with Crippen molar-refractivity contribution in [2.75, 3.05) is 0 Å². The van der Waals surface area contributed by atoms with Crippen LogP contribution >= 0.6 is 11.3 Å². The fourth-order valence-corrected chi connectivity index (χ4v) is 3.28. The summed E-state index contributed by atoms with van der Waals surface area (Å²) < 4.78 is 15.9. The number of alkyl halides is 1. The molecule has 3 aromatic heterocycles. The van der Waals surface area contributed by atoms with Crippen LogP contribution in [0.15, 0.2) is 30.3 Å². The van der Waals surface area contributed by atoms with Crippen molar-refractivity contribution in [1.29, 1.82) is 0 Å². The highest BCUT2D eigenvalue weighted by Crippen LogP contribution is 2.48. The molecule has 3 aromatic rings. The van der Waals surface area contributed by atoms with E-state index in [0.29, 0.717) is 24.3 Å². The lowest BCUT2D eigenvalue weighted by Crippen LogP contribution is -2.01. The normalized spacial score (nSPS) is 16.7. The van der Waals surface area contributed by atoms with Gasteiger partial charge in [-0.1, -0.05) is 13.0 Å². The monoisotopic (exact) mass is 287 g/mol. The van der Waals surface area contributed by atoms with Gasteiger partial charge in [0.25, 0.3) is 0 Å². The van der Waals surface area contributed by atoms with Crippen LogP contribution < -0.4 is 0 Å². The van der Waals surface area contributed by atoms with Crippen LogP contribution in [0.2, 0.25) is 0 Å². The first-order valence-electron chi connectivity index (χ1n) is 6.84. The van der Waals surface area contributed by atoms with Gasteiger partial charge in [-0.15, -0.1) is 16.4 Å². The fourth-order valence-electron chi connectivity index (χ4n) is 2.32. The zero-order valence-corrected chi connectivity index (χ0v) is 12.0. The lowest BCUT2D eigenvalue weighted by atomic mass is 10.3. The van der Waals surface area contributed by atoms with Crippen molar-refractivity contribution in [2.45, 2.75) is 31.9 Å². The number of thiophene rings is 1. The molecule has 0 N–H and O–H groups in total. The Bertz CT molecular complexity index is 785. The zero-order valence-electron chi connectivity index (χ0n) is 11.1. The zero-order chi connectivity index (χ0) is 13.7. The number of aromatic nitrogens is 3. The molecule has 0 aromatic carbocycles. The summed E-state index contributed by atoms with van der Waals surface area (Å²) in [5, 5.41) is 4.40. The van der Waals surface area contributed by atoms with Gasteiger partial charge >= 0.3 is 0 Å². The number of nitrogens with zero attached hydrogens (tertiary/aromatic N) is 3. The third-order valence-corrected chi connectivity index (χ3v) is 4.96. The highest BCUT2D eigenvalue weighted by atomic mass is 32.1. The van der Waals surface area contributed by atoms with Gasteiger partial charge in [-0.3, -0.25) is 0 Å². The van der Waals surface area contributed by atoms with E-state index >= 15 is 0 Å². The SMILES string of the molecule is CCc1ccc(-c2cccc3nc(C4(F)CC4)nn23)s1. The highest BCUT2D eigenvalue weighted by Gasteiger charge is 2.49. The number of hydrogen-bond donors (Lipinski definition) is 0. The minimum absolute atomic E-state index is 0.331. The molecule has 1 saturated carbocycles. The largest absolute Gasteiger partial charge is 0.235 e. The molecule has 0 radical (unpaired) electrons. The van der Waals surface area contributed by atoms with E-state index in [2.05, 4.69) is 29.1 Å². The molecule has 4 rings (SSSR count). The molecule has 0 unspecified atom stereocenters. The fraction of sp³-hybridized carbons (Fsp3) is 0.333. The van der Waals surface area contributed by atoms with Gasteiger partial charge < -0.3 is 0 Å². The summed E-state index contributed by atoms with van der Waals surface area (Å²) in [6.45, 7) is 2.14. The minimum Gasteiger partial charge on any atom is -0.235 e. The van der Waals surface area contributed by atoms with Gasteiger partial charge in [0.2, 0.25) is 0 Å². The Hall–Kier alpha value is -1.75. The maximum Gasteiger partial charge on any atom is 0.188 e. The number of fused-ring (bicyclic) bond motifs is 1. The average Bonchev–Trinajstić information content (AvgIpc) is 2.95. The molecule has 20 heavy (non-hydrogen) atoms. The van der Waals surface area contributed by atoms with E-state index < -0.39 is 5.67 Å². The van der Waals surface area contributed by atoms with Crippen LogP contribution in [0, 0.1) is 0 Å². The van der Waals surface area contributed by atoms with Crippen LogP contribution in [-0.4, -0.2) is 14.6 Å². The van der Waals surface area contributed by atoms with E-state index in [9.17, 15) is 4.39 Å². The maximum atomic E-state index is 14.1. The summed E-state index contributed by atoms with van der Waals surface area (Å²) >= 11 is 1.75. The van der Waals surface area contributed by atoms with E-state index in [0.717, 1.165) is 17.0 Å². The first-order valence-corrected chi connectivity index (χ1v) is 7.65. The molecule has 5 heteroatoms. The second kappa shape index (κ2) is 4.12. The Labute approximate surface area is 120 Å². The van der Waals surface area contributed by atoms with E-state index in [-0.39, 0.29) is 0 Å². The topological polar surface area (TPSA) is 30.2 Å². The second-order valence-electron chi connectivity index (χ2n) is 5.20. The van der Waals surface area contributed by atoms with Crippen molar-refractivity contribution in [2.24, 2.45) is 0 Å². The smallest absolute Gasteiger partial charge is 0.188 e. The highest BCUT2D eigenvalue weighted by molar-refractivity contribution is 7.15.